The summed E-state index contributed by atoms with van der Waals surface area (Å²) in [6.07, 6.45) is 1.90. The lowest BCUT2D eigenvalue weighted by molar-refractivity contribution is -0.151. The number of rotatable bonds is 7. The first-order valence-electron chi connectivity index (χ1n) is 6.37. The molecule has 0 saturated carbocycles. The number of hydrogen-bond donors (Lipinski definition) is 1. The van der Waals surface area contributed by atoms with Crippen LogP contribution in [-0.2, 0) is 9.53 Å². The van der Waals surface area contributed by atoms with E-state index in [1.165, 1.54) is 0 Å². The standard InChI is InChI=1S/C12H24N2O2/c1-4-7-14(10-8-13-9-10)11(5-2)12(15)16-6-3/h10-11,13H,4-9H2,1-3H3. The number of esters is 1. The van der Waals surface area contributed by atoms with Gasteiger partial charge in [-0.1, -0.05) is 13.8 Å². The maximum absolute atomic E-state index is 11.9. The lowest BCUT2D eigenvalue weighted by Crippen LogP contribution is -2.61. The van der Waals surface area contributed by atoms with Gasteiger partial charge in [-0.15, -0.1) is 0 Å². The summed E-state index contributed by atoms with van der Waals surface area (Å²) in [5, 5.41) is 3.26. The number of nitrogens with one attached hydrogen (secondary N) is 1. The molecule has 0 aromatic heterocycles. The van der Waals surface area contributed by atoms with E-state index in [1.807, 2.05) is 6.92 Å². The van der Waals surface area contributed by atoms with Crippen molar-refractivity contribution in [2.75, 3.05) is 26.2 Å². The Bertz CT molecular complexity index is 217. The molecule has 0 aromatic rings. The van der Waals surface area contributed by atoms with Gasteiger partial charge in [-0.3, -0.25) is 9.69 Å². The van der Waals surface area contributed by atoms with E-state index in [9.17, 15) is 4.79 Å². The molecule has 1 heterocycles. The van der Waals surface area contributed by atoms with Gasteiger partial charge in [0.05, 0.1) is 6.61 Å². The molecule has 16 heavy (non-hydrogen) atoms. The summed E-state index contributed by atoms with van der Waals surface area (Å²) < 4.78 is 5.14. The fourth-order valence-corrected chi connectivity index (χ4v) is 2.13. The van der Waals surface area contributed by atoms with Crippen LogP contribution >= 0.6 is 0 Å². The third-order valence-electron chi connectivity index (χ3n) is 3.06. The van der Waals surface area contributed by atoms with Crippen molar-refractivity contribution in [1.82, 2.24) is 10.2 Å². The summed E-state index contributed by atoms with van der Waals surface area (Å²) in [5.41, 5.74) is 0. The number of carbonyl (C=O) groups is 1. The van der Waals surface area contributed by atoms with Crippen LogP contribution in [0.25, 0.3) is 0 Å². The topological polar surface area (TPSA) is 41.6 Å². The lowest BCUT2D eigenvalue weighted by Gasteiger charge is -2.41. The average molecular weight is 228 g/mol. The monoisotopic (exact) mass is 228 g/mol. The lowest BCUT2D eigenvalue weighted by atomic mass is 10.1. The Morgan fingerprint density at radius 1 is 1.44 bits per heavy atom. The fourth-order valence-electron chi connectivity index (χ4n) is 2.13. The van der Waals surface area contributed by atoms with Crippen LogP contribution in [0.5, 0.6) is 0 Å². The summed E-state index contributed by atoms with van der Waals surface area (Å²) >= 11 is 0. The first-order chi connectivity index (χ1) is 7.74. The summed E-state index contributed by atoms with van der Waals surface area (Å²) in [6, 6.07) is 0.446. The summed E-state index contributed by atoms with van der Waals surface area (Å²) in [4.78, 5) is 14.2. The van der Waals surface area contributed by atoms with Crippen LogP contribution < -0.4 is 5.32 Å². The van der Waals surface area contributed by atoms with Crippen LogP contribution in [-0.4, -0.2) is 49.2 Å². The van der Waals surface area contributed by atoms with E-state index in [2.05, 4.69) is 24.1 Å². The van der Waals surface area contributed by atoms with Crippen molar-refractivity contribution in [3.8, 4) is 0 Å². The fraction of sp³-hybridized carbons (Fsp3) is 0.917. The first kappa shape index (κ1) is 13.5. The van der Waals surface area contributed by atoms with Crippen molar-refractivity contribution in [3.63, 3.8) is 0 Å². The Kier molecular flexibility index (Phi) is 5.77. The van der Waals surface area contributed by atoms with Gasteiger partial charge in [0.1, 0.15) is 6.04 Å². The van der Waals surface area contributed by atoms with Crippen LogP contribution in [0.15, 0.2) is 0 Å². The zero-order valence-electron chi connectivity index (χ0n) is 10.7. The minimum absolute atomic E-state index is 0.0630. The molecule has 94 valence electrons. The van der Waals surface area contributed by atoms with Gasteiger partial charge < -0.3 is 10.1 Å². The second kappa shape index (κ2) is 6.86. The highest BCUT2D eigenvalue weighted by Gasteiger charge is 2.33. The molecule has 1 atom stereocenters. The molecule has 1 aliphatic heterocycles. The van der Waals surface area contributed by atoms with E-state index < -0.39 is 0 Å². The third-order valence-corrected chi connectivity index (χ3v) is 3.06. The molecular formula is C12H24N2O2. The summed E-state index contributed by atoms with van der Waals surface area (Å²) in [6.45, 7) is 9.50. The normalized spacial score (nSPS) is 18.2. The van der Waals surface area contributed by atoms with Crippen molar-refractivity contribution in [1.29, 1.82) is 0 Å². The third kappa shape index (κ3) is 3.19. The van der Waals surface area contributed by atoms with Gasteiger partial charge >= 0.3 is 5.97 Å². The Morgan fingerprint density at radius 3 is 2.50 bits per heavy atom. The van der Waals surface area contributed by atoms with Gasteiger partial charge in [-0.25, -0.2) is 0 Å². The molecule has 0 aliphatic carbocycles. The van der Waals surface area contributed by atoms with Crippen molar-refractivity contribution < 1.29 is 9.53 Å². The largest absolute Gasteiger partial charge is 0.465 e. The second-order valence-corrected chi connectivity index (χ2v) is 4.23. The van der Waals surface area contributed by atoms with E-state index in [0.29, 0.717) is 12.6 Å². The molecule has 0 bridgehead atoms. The molecule has 0 radical (unpaired) electrons. The average Bonchev–Trinajstić information content (AvgIpc) is 2.16. The molecule has 0 spiro atoms. The van der Waals surface area contributed by atoms with Gasteiger partial charge in [-0.2, -0.15) is 0 Å². The summed E-state index contributed by atoms with van der Waals surface area (Å²) in [7, 11) is 0. The predicted octanol–water partition coefficient (Wildman–Crippen LogP) is 1.01. The maximum atomic E-state index is 11.9. The van der Waals surface area contributed by atoms with Gasteiger partial charge in [0.15, 0.2) is 0 Å². The number of nitrogens with zero attached hydrogens (tertiary/aromatic N) is 1. The van der Waals surface area contributed by atoms with Gasteiger partial charge in [-0.05, 0) is 26.3 Å². The Morgan fingerprint density at radius 2 is 2.12 bits per heavy atom. The maximum Gasteiger partial charge on any atom is 0.323 e. The molecule has 1 N–H and O–H groups in total. The quantitative estimate of drug-likeness (QED) is 0.660. The highest BCUT2D eigenvalue weighted by molar-refractivity contribution is 5.75. The molecular weight excluding hydrogens is 204 g/mol. The van der Waals surface area contributed by atoms with E-state index in [4.69, 9.17) is 4.74 Å². The molecule has 1 unspecified atom stereocenters. The van der Waals surface area contributed by atoms with Gasteiger partial charge in [0.2, 0.25) is 0 Å². The van der Waals surface area contributed by atoms with Crippen molar-refractivity contribution >= 4 is 5.97 Å². The number of carbonyl (C=O) groups excluding carboxylic acids is 1. The molecule has 0 amide bonds. The zero-order chi connectivity index (χ0) is 12.0. The molecule has 0 aromatic carbocycles. The van der Waals surface area contributed by atoms with Gasteiger partial charge in [0, 0.05) is 19.1 Å². The zero-order valence-corrected chi connectivity index (χ0v) is 10.7. The first-order valence-corrected chi connectivity index (χ1v) is 6.37. The van der Waals surface area contributed by atoms with Crippen molar-refractivity contribution in [3.05, 3.63) is 0 Å². The summed E-state index contributed by atoms with van der Waals surface area (Å²) in [5.74, 6) is -0.0645. The van der Waals surface area contributed by atoms with E-state index in [0.717, 1.165) is 32.5 Å². The van der Waals surface area contributed by atoms with Crippen LogP contribution in [0, 0.1) is 0 Å². The van der Waals surface area contributed by atoms with E-state index >= 15 is 0 Å². The minimum Gasteiger partial charge on any atom is -0.465 e. The molecule has 1 rings (SSSR count). The van der Waals surface area contributed by atoms with Crippen LogP contribution in [0.3, 0.4) is 0 Å². The Balaban J connectivity index is 2.60. The van der Waals surface area contributed by atoms with Crippen LogP contribution in [0.2, 0.25) is 0 Å². The second-order valence-electron chi connectivity index (χ2n) is 4.23. The molecule has 1 aliphatic rings. The van der Waals surface area contributed by atoms with E-state index in [1.54, 1.807) is 0 Å². The molecule has 4 heteroatoms. The smallest absolute Gasteiger partial charge is 0.323 e. The van der Waals surface area contributed by atoms with Crippen LogP contribution in [0.1, 0.15) is 33.6 Å². The highest BCUT2D eigenvalue weighted by atomic mass is 16.5. The molecule has 1 fully saturated rings. The number of hydrogen-bond acceptors (Lipinski definition) is 4. The SMILES string of the molecule is CCCN(C1CNC1)C(CC)C(=O)OCC. The van der Waals surface area contributed by atoms with Crippen molar-refractivity contribution in [2.45, 2.75) is 45.7 Å². The minimum atomic E-state index is -0.0645. The Labute approximate surface area is 98.3 Å². The predicted molar refractivity (Wildman–Crippen MR) is 64.4 cm³/mol. The van der Waals surface area contributed by atoms with E-state index in [-0.39, 0.29) is 12.0 Å². The van der Waals surface area contributed by atoms with Crippen LogP contribution in [0.4, 0.5) is 0 Å². The number of ether oxygens (including phenoxy) is 1. The Hall–Kier alpha value is -0.610. The molecule has 4 nitrogen and oxygen atoms in total. The van der Waals surface area contributed by atoms with Gasteiger partial charge in [0.25, 0.3) is 0 Å². The molecule has 1 saturated heterocycles. The van der Waals surface area contributed by atoms with Crippen molar-refractivity contribution in [2.24, 2.45) is 0 Å². The highest BCUT2D eigenvalue weighted by Crippen LogP contribution is 2.14.